The van der Waals surface area contributed by atoms with Crippen LogP contribution < -0.4 is 5.32 Å². The van der Waals surface area contributed by atoms with Gasteiger partial charge >= 0.3 is 0 Å². The van der Waals surface area contributed by atoms with E-state index in [1.807, 2.05) is 0 Å². The van der Waals surface area contributed by atoms with Crippen LogP contribution in [0, 0.1) is 6.92 Å². The summed E-state index contributed by atoms with van der Waals surface area (Å²) in [6, 6.07) is -0.431. The number of ketones is 1. The SMILES string of the molecule is Cc1c(C(=O)NC(C)c2nc(C3CCCCC3)no2)oc2c1C(=O)CCC2. The van der Waals surface area contributed by atoms with E-state index in [-0.39, 0.29) is 17.5 Å². The zero-order valence-electron chi connectivity index (χ0n) is 15.8. The first-order valence-electron chi connectivity index (χ1n) is 9.84. The Morgan fingerprint density at radius 2 is 1.96 bits per heavy atom. The van der Waals surface area contributed by atoms with Gasteiger partial charge in [0.05, 0.1) is 5.56 Å². The molecule has 144 valence electrons. The summed E-state index contributed by atoms with van der Waals surface area (Å²) in [6.07, 6.45) is 7.81. The summed E-state index contributed by atoms with van der Waals surface area (Å²) >= 11 is 0. The smallest absolute Gasteiger partial charge is 0.287 e. The predicted octanol–water partition coefficient (Wildman–Crippen LogP) is 4.03. The van der Waals surface area contributed by atoms with Gasteiger partial charge in [0.25, 0.3) is 5.91 Å². The zero-order valence-corrected chi connectivity index (χ0v) is 15.8. The zero-order chi connectivity index (χ0) is 19.0. The molecule has 2 aromatic heterocycles. The number of carbonyl (C=O) groups excluding carboxylic acids is 2. The summed E-state index contributed by atoms with van der Waals surface area (Å²) in [5.74, 6) is 2.01. The van der Waals surface area contributed by atoms with Crippen LogP contribution in [0.1, 0.15) is 108 Å². The van der Waals surface area contributed by atoms with E-state index in [9.17, 15) is 9.59 Å². The Morgan fingerprint density at radius 1 is 1.19 bits per heavy atom. The third kappa shape index (κ3) is 3.42. The van der Waals surface area contributed by atoms with Crippen molar-refractivity contribution in [1.82, 2.24) is 15.5 Å². The number of furan rings is 1. The molecular weight excluding hydrogens is 346 g/mol. The Morgan fingerprint density at radius 3 is 2.70 bits per heavy atom. The molecule has 1 N–H and O–H groups in total. The lowest BCUT2D eigenvalue weighted by Crippen LogP contribution is -2.27. The molecule has 0 spiro atoms. The van der Waals surface area contributed by atoms with Crippen molar-refractivity contribution in [1.29, 1.82) is 0 Å². The van der Waals surface area contributed by atoms with E-state index in [1.165, 1.54) is 19.3 Å². The number of rotatable bonds is 4. The van der Waals surface area contributed by atoms with Gasteiger partial charge < -0.3 is 14.3 Å². The van der Waals surface area contributed by atoms with Crippen LogP contribution in [0.2, 0.25) is 0 Å². The highest BCUT2D eigenvalue weighted by Gasteiger charge is 2.30. The van der Waals surface area contributed by atoms with Crippen molar-refractivity contribution in [3.05, 3.63) is 34.4 Å². The van der Waals surface area contributed by atoms with Gasteiger partial charge in [-0.15, -0.1) is 0 Å². The van der Waals surface area contributed by atoms with E-state index < -0.39 is 6.04 Å². The lowest BCUT2D eigenvalue weighted by molar-refractivity contribution is 0.0899. The standard InChI is InChI=1S/C20H25N3O4/c1-11-16-14(24)9-6-10-15(16)26-17(11)19(25)21-12(2)20-22-18(23-27-20)13-7-4-3-5-8-13/h12-13H,3-10H2,1-2H3,(H,21,25). The minimum atomic E-state index is -0.431. The normalized spacial score (nSPS) is 19.0. The molecule has 1 saturated carbocycles. The van der Waals surface area contributed by atoms with Crippen LogP contribution in [-0.4, -0.2) is 21.8 Å². The summed E-state index contributed by atoms with van der Waals surface area (Å²) < 4.78 is 11.1. The second-order valence-electron chi connectivity index (χ2n) is 7.65. The molecule has 0 radical (unpaired) electrons. The molecule has 1 amide bonds. The fourth-order valence-corrected chi connectivity index (χ4v) is 4.14. The van der Waals surface area contributed by atoms with Crippen LogP contribution in [0.3, 0.4) is 0 Å². The molecule has 0 saturated heterocycles. The minimum absolute atomic E-state index is 0.0543. The quantitative estimate of drug-likeness (QED) is 0.871. The monoisotopic (exact) mass is 371 g/mol. The maximum Gasteiger partial charge on any atom is 0.287 e. The van der Waals surface area contributed by atoms with Gasteiger partial charge in [-0.3, -0.25) is 9.59 Å². The molecule has 7 nitrogen and oxygen atoms in total. The van der Waals surface area contributed by atoms with Gasteiger partial charge in [-0.25, -0.2) is 0 Å². The van der Waals surface area contributed by atoms with Crippen molar-refractivity contribution in [3.8, 4) is 0 Å². The van der Waals surface area contributed by atoms with Crippen molar-refractivity contribution in [2.75, 3.05) is 0 Å². The van der Waals surface area contributed by atoms with Crippen molar-refractivity contribution in [3.63, 3.8) is 0 Å². The lowest BCUT2D eigenvalue weighted by Gasteiger charge is -2.17. The number of hydrogen-bond acceptors (Lipinski definition) is 6. The van der Waals surface area contributed by atoms with E-state index in [0.717, 1.165) is 25.1 Å². The van der Waals surface area contributed by atoms with Crippen molar-refractivity contribution < 1.29 is 18.5 Å². The largest absolute Gasteiger partial charge is 0.455 e. The molecule has 1 fully saturated rings. The van der Waals surface area contributed by atoms with Crippen LogP contribution in [0.25, 0.3) is 0 Å². The molecule has 0 bridgehead atoms. The van der Waals surface area contributed by atoms with Crippen LogP contribution in [0.15, 0.2) is 8.94 Å². The number of amides is 1. The third-order valence-electron chi connectivity index (χ3n) is 5.66. The van der Waals surface area contributed by atoms with Crippen molar-refractivity contribution >= 4 is 11.7 Å². The van der Waals surface area contributed by atoms with E-state index in [2.05, 4.69) is 15.5 Å². The Kier molecular flexibility index (Phi) is 4.85. The third-order valence-corrected chi connectivity index (χ3v) is 5.66. The number of carbonyl (C=O) groups is 2. The Hall–Kier alpha value is -2.44. The molecule has 0 aliphatic heterocycles. The predicted molar refractivity (Wildman–Crippen MR) is 96.7 cm³/mol. The maximum absolute atomic E-state index is 12.7. The summed E-state index contributed by atoms with van der Waals surface area (Å²) in [7, 11) is 0. The van der Waals surface area contributed by atoms with Gasteiger partial charge in [-0.1, -0.05) is 24.4 Å². The van der Waals surface area contributed by atoms with Crippen LogP contribution in [0.5, 0.6) is 0 Å². The Bertz CT molecular complexity index is 861. The Balaban J connectivity index is 1.47. The summed E-state index contributed by atoms with van der Waals surface area (Å²) in [4.78, 5) is 29.3. The number of aryl methyl sites for hydroxylation is 1. The molecule has 0 aromatic carbocycles. The van der Waals surface area contributed by atoms with Crippen LogP contribution in [-0.2, 0) is 6.42 Å². The van der Waals surface area contributed by atoms with Gasteiger partial charge in [0.15, 0.2) is 17.4 Å². The molecule has 1 atom stereocenters. The second-order valence-corrected chi connectivity index (χ2v) is 7.65. The lowest BCUT2D eigenvalue weighted by atomic mass is 9.89. The maximum atomic E-state index is 12.7. The van der Waals surface area contributed by atoms with E-state index in [0.29, 0.717) is 41.5 Å². The molecule has 2 heterocycles. The van der Waals surface area contributed by atoms with Crippen molar-refractivity contribution in [2.24, 2.45) is 0 Å². The molecule has 2 aromatic rings. The molecule has 27 heavy (non-hydrogen) atoms. The molecule has 2 aliphatic carbocycles. The first-order chi connectivity index (χ1) is 13.0. The first kappa shape index (κ1) is 17.9. The number of hydrogen-bond donors (Lipinski definition) is 1. The summed E-state index contributed by atoms with van der Waals surface area (Å²) in [6.45, 7) is 3.57. The van der Waals surface area contributed by atoms with E-state index >= 15 is 0 Å². The summed E-state index contributed by atoms with van der Waals surface area (Å²) in [5, 5.41) is 6.97. The fourth-order valence-electron chi connectivity index (χ4n) is 4.14. The van der Waals surface area contributed by atoms with Gasteiger partial charge in [-0.05, 0) is 33.1 Å². The van der Waals surface area contributed by atoms with Crippen molar-refractivity contribution in [2.45, 2.75) is 77.2 Å². The van der Waals surface area contributed by atoms with E-state index in [4.69, 9.17) is 8.94 Å². The molecule has 2 aliphatic rings. The number of fused-ring (bicyclic) bond motifs is 1. The average Bonchev–Trinajstić information content (AvgIpc) is 3.28. The average molecular weight is 371 g/mol. The van der Waals surface area contributed by atoms with Crippen LogP contribution >= 0.6 is 0 Å². The van der Waals surface area contributed by atoms with Gasteiger partial charge in [0.2, 0.25) is 5.89 Å². The topological polar surface area (TPSA) is 98.2 Å². The highest BCUT2D eigenvalue weighted by atomic mass is 16.5. The first-order valence-corrected chi connectivity index (χ1v) is 9.84. The number of nitrogens with zero attached hydrogens (tertiary/aromatic N) is 2. The molecule has 4 rings (SSSR count). The van der Waals surface area contributed by atoms with Crippen LogP contribution in [0.4, 0.5) is 0 Å². The number of aromatic nitrogens is 2. The number of nitrogens with one attached hydrogen (secondary N) is 1. The van der Waals surface area contributed by atoms with E-state index in [1.54, 1.807) is 13.8 Å². The summed E-state index contributed by atoms with van der Waals surface area (Å²) in [5.41, 5.74) is 1.20. The molecule has 1 unspecified atom stereocenters. The second kappa shape index (κ2) is 7.29. The molecular formula is C20H25N3O4. The minimum Gasteiger partial charge on any atom is -0.455 e. The highest BCUT2D eigenvalue weighted by molar-refractivity contribution is 6.03. The van der Waals surface area contributed by atoms with Gasteiger partial charge in [0.1, 0.15) is 11.8 Å². The Labute approximate surface area is 157 Å². The fraction of sp³-hybridized carbons (Fsp3) is 0.600. The van der Waals surface area contributed by atoms with Gasteiger partial charge in [-0.2, -0.15) is 4.98 Å². The molecule has 7 heteroatoms. The highest BCUT2D eigenvalue weighted by Crippen LogP contribution is 2.32. The van der Waals surface area contributed by atoms with Gasteiger partial charge in [0, 0.05) is 24.3 Å². The number of Topliss-reactive ketones (excluding diaryl/α,β-unsaturated/α-hetero) is 1.